The molecule has 0 aliphatic rings. The third-order valence-electron chi connectivity index (χ3n) is 3.05. The van der Waals surface area contributed by atoms with Crippen molar-refractivity contribution in [3.05, 3.63) is 46.2 Å². The van der Waals surface area contributed by atoms with Crippen molar-refractivity contribution in [3.8, 4) is 11.5 Å². The predicted molar refractivity (Wildman–Crippen MR) is 99.2 cm³/mol. The lowest BCUT2D eigenvalue weighted by molar-refractivity contribution is -0.0514. The number of pyridine rings is 1. The molecule has 26 heavy (non-hydrogen) atoms. The van der Waals surface area contributed by atoms with Crippen molar-refractivity contribution in [2.24, 2.45) is 0 Å². The quantitative estimate of drug-likeness (QED) is 0.415. The van der Waals surface area contributed by atoms with Crippen LogP contribution >= 0.6 is 39.1 Å². The number of alkyl halides is 3. The molecule has 2 aromatic rings. The molecule has 1 amide bonds. The fourth-order valence-electron chi connectivity index (χ4n) is 1.91. The van der Waals surface area contributed by atoms with Crippen molar-refractivity contribution in [1.29, 1.82) is 0 Å². The molecule has 0 radical (unpaired) electrons. The van der Waals surface area contributed by atoms with E-state index in [0.717, 1.165) is 0 Å². The first-order valence-electron chi connectivity index (χ1n) is 7.30. The maximum atomic E-state index is 12.5. The SMILES string of the molecule is O=C(Nc1c(Cl)cncc1Cl)c1ccc(OC(F)F)c(OCCCBr)c1. The van der Waals surface area contributed by atoms with E-state index in [4.69, 9.17) is 27.9 Å². The molecule has 0 aliphatic heterocycles. The van der Waals surface area contributed by atoms with Gasteiger partial charge in [-0.05, 0) is 24.6 Å². The molecule has 5 nitrogen and oxygen atoms in total. The highest BCUT2D eigenvalue weighted by Gasteiger charge is 2.17. The zero-order valence-corrected chi connectivity index (χ0v) is 16.2. The number of carbonyl (C=O) groups is 1. The highest BCUT2D eigenvalue weighted by Crippen LogP contribution is 2.32. The number of amides is 1. The number of benzene rings is 1. The lowest BCUT2D eigenvalue weighted by Crippen LogP contribution is -2.14. The van der Waals surface area contributed by atoms with Gasteiger partial charge < -0.3 is 14.8 Å². The number of carbonyl (C=O) groups excluding carboxylic acids is 1. The molecule has 2 rings (SSSR count). The van der Waals surface area contributed by atoms with E-state index in [2.05, 4.69) is 31.0 Å². The van der Waals surface area contributed by atoms with E-state index in [0.29, 0.717) is 11.8 Å². The fraction of sp³-hybridized carbons (Fsp3) is 0.250. The standard InChI is InChI=1S/C16H13BrCl2F2N2O3/c17-4-1-5-25-13-6-9(2-3-12(13)26-16(20)21)15(24)23-14-10(18)7-22-8-11(14)19/h2-3,6-8,16H,1,4-5H2,(H,22,23,24). The van der Waals surface area contributed by atoms with Crippen molar-refractivity contribution in [2.75, 3.05) is 17.3 Å². The minimum absolute atomic E-state index is 0.0332. The normalized spacial score (nSPS) is 10.7. The molecule has 1 N–H and O–H groups in total. The topological polar surface area (TPSA) is 60.5 Å². The van der Waals surface area contributed by atoms with Crippen LogP contribution in [-0.4, -0.2) is 29.4 Å². The third-order valence-corrected chi connectivity index (χ3v) is 4.18. The molecule has 0 atom stereocenters. The number of nitrogens with zero attached hydrogens (tertiary/aromatic N) is 1. The second kappa shape index (κ2) is 9.89. The molecule has 140 valence electrons. The monoisotopic (exact) mass is 468 g/mol. The van der Waals surface area contributed by atoms with Gasteiger partial charge in [-0.25, -0.2) is 0 Å². The first-order valence-corrected chi connectivity index (χ1v) is 9.18. The summed E-state index contributed by atoms with van der Waals surface area (Å²) in [4.78, 5) is 16.2. The Balaban J connectivity index is 2.24. The molecule has 0 fully saturated rings. The third kappa shape index (κ3) is 5.69. The molecule has 0 bridgehead atoms. The van der Waals surface area contributed by atoms with E-state index < -0.39 is 12.5 Å². The van der Waals surface area contributed by atoms with Gasteiger partial charge in [0.05, 0.1) is 22.3 Å². The number of hydrogen-bond acceptors (Lipinski definition) is 4. The molecule has 0 spiro atoms. The van der Waals surface area contributed by atoms with Gasteiger partial charge in [-0.15, -0.1) is 0 Å². The first kappa shape index (κ1) is 20.7. The number of aromatic nitrogens is 1. The van der Waals surface area contributed by atoms with Crippen LogP contribution in [0.15, 0.2) is 30.6 Å². The molecule has 1 heterocycles. The van der Waals surface area contributed by atoms with Crippen LogP contribution in [-0.2, 0) is 0 Å². The number of ether oxygens (including phenoxy) is 2. The van der Waals surface area contributed by atoms with Gasteiger partial charge in [0.25, 0.3) is 5.91 Å². The molecule has 0 unspecified atom stereocenters. The van der Waals surface area contributed by atoms with Crippen LogP contribution in [0.5, 0.6) is 11.5 Å². The number of nitrogens with one attached hydrogen (secondary N) is 1. The maximum Gasteiger partial charge on any atom is 0.387 e. The van der Waals surface area contributed by atoms with Gasteiger partial charge in [0.15, 0.2) is 11.5 Å². The van der Waals surface area contributed by atoms with Gasteiger partial charge in [-0.1, -0.05) is 39.1 Å². The number of halogens is 5. The second-order valence-electron chi connectivity index (χ2n) is 4.86. The second-order valence-corrected chi connectivity index (χ2v) is 6.47. The van der Waals surface area contributed by atoms with Crippen molar-refractivity contribution >= 4 is 50.7 Å². The van der Waals surface area contributed by atoms with E-state index in [9.17, 15) is 13.6 Å². The van der Waals surface area contributed by atoms with Crippen molar-refractivity contribution < 1.29 is 23.0 Å². The van der Waals surface area contributed by atoms with E-state index >= 15 is 0 Å². The van der Waals surface area contributed by atoms with Crippen LogP contribution in [0.2, 0.25) is 10.0 Å². The minimum atomic E-state index is -3.01. The summed E-state index contributed by atoms with van der Waals surface area (Å²) in [5.41, 5.74) is 0.354. The average Bonchev–Trinajstić information content (AvgIpc) is 2.59. The van der Waals surface area contributed by atoms with E-state index in [1.54, 1.807) is 0 Å². The number of anilines is 1. The number of rotatable bonds is 8. The predicted octanol–water partition coefficient (Wildman–Crippen LogP) is 5.41. The van der Waals surface area contributed by atoms with Crippen molar-refractivity contribution in [1.82, 2.24) is 4.98 Å². The Morgan fingerprint density at radius 1 is 1.23 bits per heavy atom. The van der Waals surface area contributed by atoms with Crippen molar-refractivity contribution in [3.63, 3.8) is 0 Å². The minimum Gasteiger partial charge on any atom is -0.490 e. The smallest absolute Gasteiger partial charge is 0.387 e. The van der Waals surface area contributed by atoms with E-state index in [1.165, 1.54) is 30.6 Å². The van der Waals surface area contributed by atoms with Gasteiger partial charge in [0.2, 0.25) is 0 Å². The zero-order valence-electron chi connectivity index (χ0n) is 13.1. The first-order chi connectivity index (χ1) is 12.4. The largest absolute Gasteiger partial charge is 0.490 e. The lowest BCUT2D eigenvalue weighted by atomic mass is 10.2. The summed E-state index contributed by atoms with van der Waals surface area (Å²) in [6, 6.07) is 3.87. The summed E-state index contributed by atoms with van der Waals surface area (Å²) >= 11 is 15.2. The van der Waals surface area contributed by atoms with Crippen molar-refractivity contribution in [2.45, 2.75) is 13.0 Å². The van der Waals surface area contributed by atoms with Crippen LogP contribution in [0.1, 0.15) is 16.8 Å². The Kier molecular flexibility index (Phi) is 7.86. The Hall–Kier alpha value is -1.64. The number of hydrogen-bond donors (Lipinski definition) is 1. The highest BCUT2D eigenvalue weighted by molar-refractivity contribution is 9.09. The molecular formula is C16H13BrCl2F2N2O3. The van der Waals surface area contributed by atoms with Gasteiger partial charge in [-0.3, -0.25) is 9.78 Å². The fourth-order valence-corrected chi connectivity index (χ4v) is 2.60. The summed E-state index contributed by atoms with van der Waals surface area (Å²) in [6.45, 7) is -2.75. The highest BCUT2D eigenvalue weighted by atomic mass is 79.9. The average molecular weight is 470 g/mol. The molecule has 10 heteroatoms. The van der Waals surface area contributed by atoms with Gasteiger partial charge in [0.1, 0.15) is 0 Å². The lowest BCUT2D eigenvalue weighted by Gasteiger charge is -2.14. The summed E-state index contributed by atoms with van der Waals surface area (Å²) in [6.07, 6.45) is 3.31. The molecule has 1 aromatic heterocycles. The van der Waals surface area contributed by atoms with Crippen LogP contribution < -0.4 is 14.8 Å². The summed E-state index contributed by atoms with van der Waals surface area (Å²) in [5.74, 6) is -0.675. The van der Waals surface area contributed by atoms with Crippen LogP contribution in [0.3, 0.4) is 0 Å². The van der Waals surface area contributed by atoms with Crippen LogP contribution in [0.25, 0.3) is 0 Å². The summed E-state index contributed by atoms with van der Waals surface area (Å²) in [7, 11) is 0. The van der Waals surface area contributed by atoms with Crippen LogP contribution in [0, 0.1) is 0 Å². The molecule has 1 aromatic carbocycles. The van der Waals surface area contributed by atoms with E-state index in [1.807, 2.05) is 0 Å². The Labute approximate surface area is 166 Å². The maximum absolute atomic E-state index is 12.5. The Morgan fingerprint density at radius 2 is 1.92 bits per heavy atom. The summed E-state index contributed by atoms with van der Waals surface area (Å²) in [5, 5.41) is 3.56. The van der Waals surface area contributed by atoms with Gasteiger partial charge in [0, 0.05) is 23.3 Å². The van der Waals surface area contributed by atoms with Gasteiger partial charge in [-0.2, -0.15) is 8.78 Å². The van der Waals surface area contributed by atoms with E-state index in [-0.39, 0.29) is 39.4 Å². The van der Waals surface area contributed by atoms with Gasteiger partial charge >= 0.3 is 6.61 Å². The molecular weight excluding hydrogens is 457 g/mol. The Bertz CT molecular complexity index is 761. The molecule has 0 saturated carbocycles. The summed E-state index contributed by atoms with van der Waals surface area (Å²) < 4.78 is 34.9. The molecule has 0 aliphatic carbocycles. The van der Waals surface area contributed by atoms with Crippen LogP contribution in [0.4, 0.5) is 14.5 Å². The molecule has 0 saturated heterocycles. The Morgan fingerprint density at radius 3 is 2.54 bits per heavy atom. The zero-order chi connectivity index (χ0) is 19.1.